The quantitative estimate of drug-likeness (QED) is 0.811. The van der Waals surface area contributed by atoms with Gasteiger partial charge in [-0.05, 0) is 38.9 Å². The van der Waals surface area contributed by atoms with Gasteiger partial charge in [0.2, 0.25) is 0 Å². The Morgan fingerprint density at radius 3 is 2.70 bits per heavy atom. The Morgan fingerprint density at radius 2 is 1.90 bits per heavy atom. The molecule has 5 heterocycles. The van der Waals surface area contributed by atoms with Crippen LogP contribution in [0.4, 0.5) is 5.82 Å². The van der Waals surface area contributed by atoms with E-state index < -0.39 is 0 Å². The first kappa shape index (κ1) is 19.6. The van der Waals surface area contributed by atoms with Crippen molar-refractivity contribution in [1.29, 1.82) is 0 Å². The van der Waals surface area contributed by atoms with E-state index in [1.165, 1.54) is 23.5 Å². The molecule has 0 aromatic carbocycles. The number of piperazine rings is 1. The van der Waals surface area contributed by atoms with E-state index in [-0.39, 0.29) is 12.1 Å². The number of ketones is 1. The number of nitrogens with zero attached hydrogens (tertiary/aromatic N) is 4. The fraction of sp³-hybridized carbons (Fsp3) is 0.565. The lowest BCUT2D eigenvalue weighted by atomic mass is 9.90. The van der Waals surface area contributed by atoms with Crippen LogP contribution < -0.4 is 15.5 Å². The van der Waals surface area contributed by atoms with Gasteiger partial charge in [0, 0.05) is 57.5 Å². The van der Waals surface area contributed by atoms with E-state index in [9.17, 15) is 4.79 Å². The van der Waals surface area contributed by atoms with Gasteiger partial charge in [-0.1, -0.05) is 11.6 Å². The van der Waals surface area contributed by atoms with Crippen LogP contribution in [-0.2, 0) is 4.79 Å². The number of allylic oxidation sites excluding steroid dienone is 1. The summed E-state index contributed by atoms with van der Waals surface area (Å²) in [6, 6.07) is 6.34. The van der Waals surface area contributed by atoms with Gasteiger partial charge in [0.15, 0.2) is 0 Å². The Morgan fingerprint density at radius 1 is 1.10 bits per heavy atom. The van der Waals surface area contributed by atoms with Gasteiger partial charge in [0.05, 0.1) is 17.8 Å². The second-order valence-electron chi connectivity index (χ2n) is 9.01. The number of aromatic nitrogens is 2. The van der Waals surface area contributed by atoms with Crippen molar-refractivity contribution in [3.8, 4) is 0 Å². The molecule has 0 saturated carbocycles. The number of likely N-dealkylation sites (N-methyl/N-ethyl adjacent to an activating group) is 1. The largest absolute Gasteiger partial charge is 0.387 e. The van der Waals surface area contributed by atoms with E-state index in [4.69, 9.17) is 4.98 Å². The molecular weight excluding hydrogens is 376 g/mol. The summed E-state index contributed by atoms with van der Waals surface area (Å²) in [5.74, 6) is 1.50. The normalized spacial score (nSPS) is 26.3. The molecule has 3 aliphatic heterocycles. The Bertz CT molecular complexity index is 971. The van der Waals surface area contributed by atoms with Crippen LogP contribution in [0.15, 0.2) is 35.7 Å². The van der Waals surface area contributed by atoms with Crippen LogP contribution in [0, 0.1) is 0 Å². The minimum atomic E-state index is -0.0412. The van der Waals surface area contributed by atoms with Crippen LogP contribution in [0.2, 0.25) is 0 Å². The van der Waals surface area contributed by atoms with Gasteiger partial charge in [0.1, 0.15) is 17.2 Å². The molecule has 2 aromatic heterocycles. The molecule has 3 aliphatic rings. The van der Waals surface area contributed by atoms with E-state index in [0.29, 0.717) is 18.6 Å². The van der Waals surface area contributed by atoms with Gasteiger partial charge in [-0.25, -0.2) is 4.98 Å². The summed E-state index contributed by atoms with van der Waals surface area (Å²) < 4.78 is 2.19. The van der Waals surface area contributed by atoms with Gasteiger partial charge in [-0.2, -0.15) is 0 Å². The topological polar surface area (TPSA) is 64.9 Å². The van der Waals surface area contributed by atoms with E-state index in [2.05, 4.69) is 63.2 Å². The number of nitrogens with one attached hydrogen (secondary N) is 2. The Kier molecular flexibility index (Phi) is 5.25. The molecule has 7 heteroatoms. The molecule has 2 atom stereocenters. The van der Waals surface area contributed by atoms with Crippen molar-refractivity contribution in [3.63, 3.8) is 0 Å². The summed E-state index contributed by atoms with van der Waals surface area (Å²) in [5, 5.41) is 7.27. The fourth-order valence-electron chi connectivity index (χ4n) is 5.03. The minimum Gasteiger partial charge on any atom is -0.387 e. The number of carbonyl (C=O) groups excluding carboxylic acids is 1. The smallest absolute Gasteiger partial charge is 0.138 e. The third-order valence-electron chi connectivity index (χ3n) is 6.79. The molecule has 2 N–H and O–H groups in total. The molecular formula is C23H32N6O. The molecule has 2 fully saturated rings. The predicted octanol–water partition coefficient (Wildman–Crippen LogP) is 2.11. The van der Waals surface area contributed by atoms with Gasteiger partial charge in [-0.15, -0.1) is 0 Å². The van der Waals surface area contributed by atoms with Crippen LogP contribution >= 0.6 is 0 Å². The molecule has 0 spiro atoms. The maximum absolute atomic E-state index is 12.6. The summed E-state index contributed by atoms with van der Waals surface area (Å²) in [6.45, 7) is 7.35. The van der Waals surface area contributed by atoms with Gasteiger partial charge < -0.3 is 15.1 Å². The standard InChI is InChI=1S/C23H32N6O/c1-16-5-4-8-24-23(16)19-14-17(30)13-18(25-19)20-15-29-21(26-20)6-3-7-22(29)28-11-9-27(2)10-12-28/h3,6-7,15,18-19,24-25H,4-5,8-14H2,1-2H3. The molecule has 0 bridgehead atoms. The Hall–Kier alpha value is -2.38. The zero-order valence-corrected chi connectivity index (χ0v) is 18.0. The van der Waals surface area contributed by atoms with Crippen LogP contribution in [0.5, 0.6) is 0 Å². The molecule has 0 amide bonds. The fourth-order valence-corrected chi connectivity index (χ4v) is 5.03. The Balaban J connectivity index is 1.43. The summed E-state index contributed by atoms with van der Waals surface area (Å²) >= 11 is 0. The SMILES string of the molecule is CC1=C(C2CC(=O)CC(c3cn4c(N5CCN(C)CC5)cccc4n3)N2)NCCC1. The zero-order chi connectivity index (χ0) is 20.7. The number of anilines is 1. The number of piperidine rings is 1. The lowest BCUT2D eigenvalue weighted by Crippen LogP contribution is -2.46. The summed E-state index contributed by atoms with van der Waals surface area (Å²) in [7, 11) is 2.17. The average Bonchev–Trinajstić information content (AvgIpc) is 3.19. The van der Waals surface area contributed by atoms with Crippen molar-refractivity contribution in [2.75, 3.05) is 44.7 Å². The highest BCUT2D eigenvalue weighted by Crippen LogP contribution is 2.29. The van der Waals surface area contributed by atoms with Crippen LogP contribution in [0.1, 0.15) is 44.3 Å². The molecule has 2 aromatic rings. The second kappa shape index (κ2) is 8.04. The maximum Gasteiger partial charge on any atom is 0.138 e. The molecule has 2 saturated heterocycles. The summed E-state index contributed by atoms with van der Waals surface area (Å²) in [5.41, 5.74) is 4.51. The molecule has 160 valence electrons. The highest BCUT2D eigenvalue weighted by Gasteiger charge is 2.32. The van der Waals surface area contributed by atoms with Crippen molar-refractivity contribution in [2.45, 2.75) is 44.7 Å². The van der Waals surface area contributed by atoms with Crippen molar-refractivity contribution in [1.82, 2.24) is 24.9 Å². The maximum atomic E-state index is 12.6. The number of hydrogen-bond acceptors (Lipinski definition) is 6. The van der Waals surface area contributed by atoms with Crippen LogP contribution in [-0.4, -0.2) is 65.9 Å². The molecule has 0 radical (unpaired) electrons. The lowest BCUT2D eigenvalue weighted by molar-refractivity contribution is -0.121. The Labute approximate surface area is 178 Å². The monoisotopic (exact) mass is 408 g/mol. The second-order valence-corrected chi connectivity index (χ2v) is 9.01. The highest BCUT2D eigenvalue weighted by molar-refractivity contribution is 5.81. The predicted molar refractivity (Wildman–Crippen MR) is 119 cm³/mol. The number of hydrogen-bond donors (Lipinski definition) is 2. The average molecular weight is 409 g/mol. The molecule has 7 nitrogen and oxygen atoms in total. The van der Waals surface area contributed by atoms with Gasteiger partial charge in [-0.3, -0.25) is 14.5 Å². The van der Waals surface area contributed by atoms with Gasteiger partial charge >= 0.3 is 0 Å². The molecule has 5 rings (SSSR count). The van der Waals surface area contributed by atoms with Crippen molar-refractivity contribution in [2.24, 2.45) is 0 Å². The summed E-state index contributed by atoms with van der Waals surface area (Å²) in [4.78, 5) is 22.3. The van der Waals surface area contributed by atoms with E-state index in [1.54, 1.807) is 0 Å². The first-order valence-electron chi connectivity index (χ1n) is 11.2. The van der Waals surface area contributed by atoms with E-state index >= 15 is 0 Å². The lowest BCUT2D eigenvalue weighted by Gasteiger charge is -2.34. The van der Waals surface area contributed by atoms with Crippen molar-refractivity contribution < 1.29 is 4.79 Å². The first-order chi connectivity index (χ1) is 14.6. The number of carbonyl (C=O) groups is 1. The van der Waals surface area contributed by atoms with E-state index in [1.807, 2.05) is 0 Å². The van der Waals surface area contributed by atoms with Crippen LogP contribution in [0.25, 0.3) is 5.65 Å². The zero-order valence-electron chi connectivity index (χ0n) is 18.0. The number of pyridine rings is 1. The number of Topliss-reactive ketones (excluding diaryl/α,β-unsaturated/α-hetero) is 1. The van der Waals surface area contributed by atoms with E-state index in [0.717, 1.165) is 50.5 Å². The van der Waals surface area contributed by atoms with Gasteiger partial charge in [0.25, 0.3) is 0 Å². The number of rotatable bonds is 3. The molecule has 0 aliphatic carbocycles. The summed E-state index contributed by atoms with van der Waals surface area (Å²) in [6.07, 6.45) is 5.49. The molecule has 2 unspecified atom stereocenters. The van der Waals surface area contributed by atoms with Crippen molar-refractivity contribution in [3.05, 3.63) is 41.4 Å². The number of fused-ring (bicyclic) bond motifs is 1. The van der Waals surface area contributed by atoms with Crippen molar-refractivity contribution >= 4 is 17.2 Å². The molecule has 30 heavy (non-hydrogen) atoms. The third kappa shape index (κ3) is 3.72. The first-order valence-corrected chi connectivity index (χ1v) is 11.2. The minimum absolute atomic E-state index is 0.0412. The van der Waals surface area contributed by atoms with Crippen LogP contribution in [0.3, 0.4) is 0 Å². The third-order valence-corrected chi connectivity index (χ3v) is 6.79. The highest BCUT2D eigenvalue weighted by atomic mass is 16.1. The number of imidazole rings is 1.